The lowest BCUT2D eigenvalue weighted by Gasteiger charge is -2.22. The minimum atomic E-state index is 0.134. The monoisotopic (exact) mass is 341 g/mol. The first-order valence-corrected chi connectivity index (χ1v) is 9.36. The summed E-state index contributed by atoms with van der Waals surface area (Å²) < 4.78 is 5.85. The van der Waals surface area contributed by atoms with E-state index in [0.717, 1.165) is 35.7 Å². The molecule has 3 nitrogen and oxygen atoms in total. The molecule has 1 aliphatic rings. The van der Waals surface area contributed by atoms with Crippen LogP contribution in [-0.2, 0) is 4.79 Å². The molecule has 0 unspecified atom stereocenters. The van der Waals surface area contributed by atoms with E-state index in [0.29, 0.717) is 13.0 Å². The fraction of sp³-hybridized carbons (Fsp3) is 0.350. The Morgan fingerprint density at radius 1 is 1.17 bits per heavy atom. The molecule has 1 heterocycles. The zero-order valence-corrected chi connectivity index (χ0v) is 15.1. The first-order valence-electron chi connectivity index (χ1n) is 8.38. The fourth-order valence-corrected chi connectivity index (χ4v) is 3.84. The molecule has 0 N–H and O–H groups in total. The number of para-hydroxylation sites is 1. The molecule has 0 spiro atoms. The summed E-state index contributed by atoms with van der Waals surface area (Å²) in [7, 11) is 0. The number of hydrogen-bond acceptors (Lipinski definition) is 3. The number of aryl methyl sites for hydroxylation is 1. The summed E-state index contributed by atoms with van der Waals surface area (Å²) in [5.41, 5.74) is 3.38. The van der Waals surface area contributed by atoms with E-state index >= 15 is 0 Å². The van der Waals surface area contributed by atoms with Crippen LogP contribution in [0.5, 0.6) is 5.75 Å². The van der Waals surface area contributed by atoms with Crippen molar-refractivity contribution >= 4 is 23.4 Å². The highest BCUT2D eigenvalue weighted by Crippen LogP contribution is 2.33. The number of carbonyl (C=O) groups is 1. The maximum absolute atomic E-state index is 12.7. The summed E-state index contributed by atoms with van der Waals surface area (Å²) in [5.74, 6) is 2.06. The van der Waals surface area contributed by atoms with Gasteiger partial charge in [-0.1, -0.05) is 24.3 Å². The third-order valence-electron chi connectivity index (χ3n) is 4.37. The van der Waals surface area contributed by atoms with Crippen molar-refractivity contribution in [1.82, 2.24) is 0 Å². The van der Waals surface area contributed by atoms with Gasteiger partial charge in [0.2, 0.25) is 5.91 Å². The zero-order valence-electron chi connectivity index (χ0n) is 14.2. The van der Waals surface area contributed by atoms with E-state index in [9.17, 15) is 4.79 Å². The van der Waals surface area contributed by atoms with Crippen molar-refractivity contribution in [3.05, 3.63) is 53.6 Å². The van der Waals surface area contributed by atoms with Gasteiger partial charge in [0.1, 0.15) is 5.75 Å². The molecule has 0 saturated carbocycles. The van der Waals surface area contributed by atoms with Gasteiger partial charge >= 0.3 is 0 Å². The van der Waals surface area contributed by atoms with Gasteiger partial charge in [0, 0.05) is 11.4 Å². The van der Waals surface area contributed by atoms with E-state index in [2.05, 4.69) is 26.0 Å². The highest BCUT2D eigenvalue weighted by Gasteiger charge is 2.21. The van der Waals surface area contributed by atoms with E-state index < -0.39 is 0 Å². The highest BCUT2D eigenvalue weighted by atomic mass is 32.2. The van der Waals surface area contributed by atoms with Crippen molar-refractivity contribution in [2.75, 3.05) is 23.8 Å². The molecule has 0 saturated heterocycles. The molecule has 24 heavy (non-hydrogen) atoms. The fourth-order valence-electron chi connectivity index (χ4n) is 2.85. The zero-order chi connectivity index (χ0) is 16.9. The van der Waals surface area contributed by atoms with Crippen LogP contribution in [0.3, 0.4) is 0 Å². The molecule has 2 aromatic rings. The number of fused-ring (bicyclic) bond motifs is 1. The Balaban J connectivity index is 1.64. The largest absolute Gasteiger partial charge is 0.493 e. The average molecular weight is 341 g/mol. The Morgan fingerprint density at radius 3 is 2.88 bits per heavy atom. The maximum atomic E-state index is 12.7. The lowest BCUT2D eigenvalue weighted by molar-refractivity contribution is -0.119. The molecule has 0 aromatic heterocycles. The Labute approximate surface area is 148 Å². The van der Waals surface area contributed by atoms with Crippen molar-refractivity contribution < 1.29 is 9.53 Å². The Kier molecular flexibility index (Phi) is 5.46. The first kappa shape index (κ1) is 16.9. The van der Waals surface area contributed by atoms with Crippen LogP contribution in [0, 0.1) is 13.8 Å². The van der Waals surface area contributed by atoms with E-state index in [1.54, 1.807) is 0 Å². The second kappa shape index (κ2) is 7.75. The Hall–Kier alpha value is -1.94. The van der Waals surface area contributed by atoms with E-state index in [-0.39, 0.29) is 5.91 Å². The van der Waals surface area contributed by atoms with Crippen molar-refractivity contribution in [2.45, 2.75) is 31.6 Å². The number of thioether (sulfide) groups is 1. The lowest BCUT2D eigenvalue weighted by atomic mass is 10.1. The van der Waals surface area contributed by atoms with Crippen LogP contribution in [0.4, 0.5) is 5.69 Å². The summed E-state index contributed by atoms with van der Waals surface area (Å²) in [6.45, 7) is 5.31. The lowest BCUT2D eigenvalue weighted by Crippen LogP contribution is -2.32. The molecule has 0 atom stereocenters. The molecule has 4 heteroatoms. The van der Waals surface area contributed by atoms with Crippen molar-refractivity contribution in [1.29, 1.82) is 0 Å². The molecule has 0 fully saturated rings. The molecular weight excluding hydrogens is 318 g/mol. The number of benzene rings is 2. The van der Waals surface area contributed by atoms with Crippen LogP contribution in [-0.4, -0.2) is 24.8 Å². The number of carbonyl (C=O) groups excluding carboxylic acids is 1. The molecule has 0 bridgehead atoms. The molecule has 2 aromatic carbocycles. The number of ether oxygens (including phenoxy) is 1. The molecule has 1 aliphatic heterocycles. The summed E-state index contributed by atoms with van der Waals surface area (Å²) in [6, 6.07) is 14.2. The topological polar surface area (TPSA) is 29.5 Å². The van der Waals surface area contributed by atoms with Crippen LogP contribution in [0.1, 0.15) is 24.0 Å². The number of rotatable bonds is 4. The number of anilines is 1. The Bertz CT molecular complexity index is 729. The number of hydrogen-bond donors (Lipinski definition) is 0. The smallest absolute Gasteiger partial charge is 0.230 e. The van der Waals surface area contributed by atoms with Crippen LogP contribution in [0.25, 0.3) is 0 Å². The van der Waals surface area contributed by atoms with Crippen LogP contribution in [0.15, 0.2) is 47.4 Å². The van der Waals surface area contributed by atoms with Gasteiger partial charge in [-0.3, -0.25) is 4.79 Å². The van der Waals surface area contributed by atoms with Gasteiger partial charge in [0.15, 0.2) is 0 Å². The number of amides is 1. The average Bonchev–Trinajstić information content (AvgIpc) is 2.81. The van der Waals surface area contributed by atoms with Gasteiger partial charge in [-0.15, -0.1) is 11.8 Å². The number of nitrogens with zero attached hydrogens (tertiary/aromatic N) is 1. The predicted molar refractivity (Wildman–Crippen MR) is 100 cm³/mol. The normalized spacial score (nSPS) is 14.0. The predicted octanol–water partition coefficient (Wildman–Crippen LogP) is 4.60. The molecule has 0 radical (unpaired) electrons. The standard InChI is InChI=1S/C20H23NO2S/c1-15-7-5-9-18(16(15)2)23-13-11-20(22)21-12-6-14-24-19-10-4-3-8-17(19)21/h3-5,7-10H,6,11-14H2,1-2H3. The second-order valence-corrected chi connectivity index (χ2v) is 7.15. The van der Waals surface area contributed by atoms with Crippen LogP contribution in [0.2, 0.25) is 0 Å². The third kappa shape index (κ3) is 3.75. The van der Waals surface area contributed by atoms with Gasteiger partial charge in [-0.25, -0.2) is 0 Å². The van der Waals surface area contributed by atoms with Crippen LogP contribution < -0.4 is 9.64 Å². The molecular formula is C20H23NO2S. The van der Waals surface area contributed by atoms with E-state index in [1.807, 2.05) is 47.0 Å². The first-order chi connectivity index (χ1) is 11.7. The SMILES string of the molecule is Cc1cccc(OCCC(=O)N2CCCSc3ccccc32)c1C. The van der Waals surface area contributed by atoms with Gasteiger partial charge in [-0.05, 0) is 55.3 Å². The van der Waals surface area contributed by atoms with Crippen molar-refractivity contribution in [3.63, 3.8) is 0 Å². The van der Waals surface area contributed by atoms with E-state index in [1.165, 1.54) is 10.5 Å². The van der Waals surface area contributed by atoms with Gasteiger partial charge in [0.25, 0.3) is 0 Å². The molecule has 1 amide bonds. The van der Waals surface area contributed by atoms with Gasteiger partial charge in [0.05, 0.1) is 18.7 Å². The second-order valence-electron chi connectivity index (χ2n) is 6.01. The molecule has 0 aliphatic carbocycles. The highest BCUT2D eigenvalue weighted by molar-refractivity contribution is 7.99. The minimum Gasteiger partial charge on any atom is -0.493 e. The quantitative estimate of drug-likeness (QED) is 0.814. The summed E-state index contributed by atoms with van der Waals surface area (Å²) >= 11 is 1.83. The van der Waals surface area contributed by atoms with E-state index in [4.69, 9.17) is 4.74 Å². The Morgan fingerprint density at radius 2 is 2.00 bits per heavy atom. The molecule has 126 valence electrons. The van der Waals surface area contributed by atoms with Gasteiger partial charge in [-0.2, -0.15) is 0 Å². The van der Waals surface area contributed by atoms with Gasteiger partial charge < -0.3 is 9.64 Å². The van der Waals surface area contributed by atoms with Crippen molar-refractivity contribution in [2.24, 2.45) is 0 Å². The van der Waals surface area contributed by atoms with Crippen molar-refractivity contribution in [3.8, 4) is 5.75 Å². The summed E-state index contributed by atoms with van der Waals surface area (Å²) in [5, 5.41) is 0. The minimum absolute atomic E-state index is 0.134. The summed E-state index contributed by atoms with van der Waals surface area (Å²) in [4.78, 5) is 15.8. The summed E-state index contributed by atoms with van der Waals surface area (Å²) in [6.07, 6.45) is 1.41. The maximum Gasteiger partial charge on any atom is 0.230 e. The third-order valence-corrected chi connectivity index (χ3v) is 5.52. The molecule has 3 rings (SSSR count). The van der Waals surface area contributed by atoms with Crippen LogP contribution >= 0.6 is 11.8 Å².